The molecule has 1 aromatic carbocycles. The number of benzene rings is 1. The van der Waals surface area contributed by atoms with Gasteiger partial charge in [-0.3, -0.25) is 4.79 Å². The third-order valence-corrected chi connectivity index (χ3v) is 6.41. The van der Waals surface area contributed by atoms with E-state index in [2.05, 4.69) is 24.2 Å². The van der Waals surface area contributed by atoms with Crippen molar-refractivity contribution in [3.8, 4) is 0 Å². The third-order valence-electron chi connectivity index (χ3n) is 4.38. The van der Waals surface area contributed by atoms with Gasteiger partial charge in [-0.15, -0.1) is 23.1 Å². The molecule has 1 aliphatic rings. The number of ether oxygens (including phenoxy) is 1. The summed E-state index contributed by atoms with van der Waals surface area (Å²) in [5, 5.41) is 3.53. The van der Waals surface area contributed by atoms with Crippen LogP contribution in [0, 0.1) is 0 Å². The van der Waals surface area contributed by atoms with Crippen molar-refractivity contribution in [2.75, 3.05) is 31.3 Å². The molecule has 0 bridgehead atoms. The van der Waals surface area contributed by atoms with E-state index in [1.54, 1.807) is 18.7 Å². The Labute approximate surface area is 168 Å². The maximum atomic E-state index is 12.7. The van der Waals surface area contributed by atoms with Gasteiger partial charge in [-0.1, -0.05) is 6.92 Å². The van der Waals surface area contributed by atoms with E-state index in [0.717, 1.165) is 40.6 Å². The van der Waals surface area contributed by atoms with Crippen molar-refractivity contribution >= 4 is 40.0 Å². The number of hydrogen-bond acceptors (Lipinski definition) is 6. The molecule has 1 aliphatic heterocycles. The maximum Gasteiger partial charge on any atom is 0.341 e. The number of rotatable bonds is 6. The van der Waals surface area contributed by atoms with E-state index in [9.17, 15) is 9.59 Å². The number of anilines is 1. The molecule has 7 heteroatoms. The predicted molar refractivity (Wildman–Crippen MR) is 111 cm³/mol. The fourth-order valence-corrected chi connectivity index (χ4v) is 5.06. The topological polar surface area (TPSA) is 58.6 Å². The first-order valence-electron chi connectivity index (χ1n) is 9.07. The first-order valence-corrected chi connectivity index (χ1v) is 10.9. The lowest BCUT2D eigenvalue weighted by Gasteiger charge is -2.22. The number of likely N-dealkylation sites (N-methyl/N-ethyl adjacent to an activating group) is 1. The second-order valence-corrected chi connectivity index (χ2v) is 8.77. The Balaban J connectivity index is 1.86. The van der Waals surface area contributed by atoms with Crippen LogP contribution in [0.15, 0.2) is 29.2 Å². The van der Waals surface area contributed by atoms with E-state index in [1.807, 2.05) is 24.3 Å². The Kier molecular flexibility index (Phi) is 6.57. The van der Waals surface area contributed by atoms with Crippen molar-refractivity contribution < 1.29 is 14.3 Å². The average Bonchev–Trinajstić information content (AvgIpc) is 2.99. The van der Waals surface area contributed by atoms with Crippen LogP contribution in [-0.2, 0) is 17.7 Å². The van der Waals surface area contributed by atoms with Gasteiger partial charge in [0.15, 0.2) is 0 Å². The summed E-state index contributed by atoms with van der Waals surface area (Å²) in [6.07, 6.45) is 0.787. The standard InChI is InChI=1S/C20H24N2O3S2/c1-4-25-20(24)17-15-10-11-22(3)12-16(15)27-19(17)21-18(23)13-6-8-14(9-7-13)26-5-2/h6-9H,4-5,10-12H2,1-3H3,(H,21,23). The molecule has 0 fully saturated rings. The fraction of sp³-hybridized carbons (Fsp3) is 0.400. The number of hydrogen-bond donors (Lipinski definition) is 1. The molecule has 0 unspecified atom stereocenters. The van der Waals surface area contributed by atoms with Crippen LogP contribution < -0.4 is 5.32 Å². The molecule has 1 amide bonds. The van der Waals surface area contributed by atoms with Crippen LogP contribution in [0.3, 0.4) is 0 Å². The highest BCUT2D eigenvalue weighted by Gasteiger charge is 2.28. The first-order chi connectivity index (χ1) is 13.0. The lowest BCUT2D eigenvalue weighted by atomic mass is 10.0. The molecule has 144 valence electrons. The molecule has 0 saturated carbocycles. The minimum Gasteiger partial charge on any atom is -0.462 e. The zero-order valence-corrected chi connectivity index (χ0v) is 17.5. The minimum absolute atomic E-state index is 0.208. The van der Waals surface area contributed by atoms with Crippen molar-refractivity contribution in [2.45, 2.75) is 31.7 Å². The Hall–Kier alpha value is -1.83. The predicted octanol–water partition coefficient (Wildman–Crippen LogP) is 4.28. The molecular formula is C20H24N2O3S2. The molecular weight excluding hydrogens is 380 g/mol. The Morgan fingerprint density at radius 2 is 2.00 bits per heavy atom. The Morgan fingerprint density at radius 1 is 1.26 bits per heavy atom. The van der Waals surface area contributed by atoms with Crippen LogP contribution >= 0.6 is 23.1 Å². The van der Waals surface area contributed by atoms with Gasteiger partial charge in [-0.2, -0.15) is 0 Å². The summed E-state index contributed by atoms with van der Waals surface area (Å²) in [7, 11) is 2.06. The molecule has 0 atom stereocenters. The van der Waals surface area contributed by atoms with Gasteiger partial charge < -0.3 is 15.0 Å². The minimum atomic E-state index is -0.357. The molecule has 0 aliphatic carbocycles. The number of esters is 1. The highest BCUT2D eigenvalue weighted by Crippen LogP contribution is 2.37. The zero-order chi connectivity index (χ0) is 19.4. The number of carbonyl (C=O) groups is 2. The summed E-state index contributed by atoms with van der Waals surface area (Å²) >= 11 is 3.21. The number of carbonyl (C=O) groups excluding carboxylic acids is 2. The van der Waals surface area contributed by atoms with Crippen molar-refractivity contribution in [3.05, 3.63) is 45.8 Å². The summed E-state index contributed by atoms with van der Waals surface area (Å²) in [6, 6.07) is 7.53. The molecule has 1 N–H and O–H groups in total. The Bertz CT molecular complexity index is 830. The van der Waals surface area contributed by atoms with Gasteiger partial charge in [0, 0.05) is 28.4 Å². The molecule has 27 heavy (non-hydrogen) atoms. The van der Waals surface area contributed by atoms with Crippen molar-refractivity contribution in [1.82, 2.24) is 4.90 Å². The number of amides is 1. The zero-order valence-electron chi connectivity index (χ0n) is 15.8. The van der Waals surface area contributed by atoms with Gasteiger partial charge >= 0.3 is 5.97 Å². The molecule has 0 radical (unpaired) electrons. The normalized spacial score (nSPS) is 13.9. The van der Waals surface area contributed by atoms with E-state index in [0.29, 0.717) is 22.7 Å². The lowest BCUT2D eigenvalue weighted by Crippen LogP contribution is -2.26. The van der Waals surface area contributed by atoms with Crippen LogP contribution in [0.5, 0.6) is 0 Å². The van der Waals surface area contributed by atoms with Crippen molar-refractivity contribution in [1.29, 1.82) is 0 Å². The SMILES string of the molecule is CCOC(=O)c1c(NC(=O)c2ccc(SCC)cc2)sc2c1CCN(C)C2. The molecule has 0 spiro atoms. The van der Waals surface area contributed by atoms with Crippen LogP contribution in [0.2, 0.25) is 0 Å². The van der Waals surface area contributed by atoms with Crippen LogP contribution in [0.25, 0.3) is 0 Å². The van der Waals surface area contributed by atoms with E-state index < -0.39 is 0 Å². The average molecular weight is 405 g/mol. The number of nitrogens with zero attached hydrogens (tertiary/aromatic N) is 1. The summed E-state index contributed by atoms with van der Waals surface area (Å²) in [5.41, 5.74) is 2.12. The molecule has 1 aromatic heterocycles. The van der Waals surface area contributed by atoms with Gasteiger partial charge in [0.05, 0.1) is 12.2 Å². The first kappa shape index (κ1) is 19.9. The van der Waals surface area contributed by atoms with Gasteiger partial charge in [0.1, 0.15) is 5.00 Å². The van der Waals surface area contributed by atoms with Gasteiger partial charge in [-0.05, 0) is 56.0 Å². The van der Waals surface area contributed by atoms with Crippen LogP contribution in [-0.4, -0.2) is 42.7 Å². The second kappa shape index (κ2) is 8.91. The van der Waals surface area contributed by atoms with E-state index in [4.69, 9.17) is 4.74 Å². The van der Waals surface area contributed by atoms with Gasteiger partial charge in [0.25, 0.3) is 5.91 Å². The van der Waals surface area contributed by atoms with Crippen LogP contribution in [0.4, 0.5) is 5.00 Å². The number of fused-ring (bicyclic) bond motifs is 1. The van der Waals surface area contributed by atoms with E-state index in [1.165, 1.54) is 11.3 Å². The molecule has 2 heterocycles. The number of nitrogens with one attached hydrogen (secondary N) is 1. The lowest BCUT2D eigenvalue weighted by molar-refractivity contribution is 0.0526. The fourth-order valence-electron chi connectivity index (χ4n) is 3.08. The summed E-state index contributed by atoms with van der Waals surface area (Å²) in [5.74, 6) is 0.425. The number of thiophene rings is 1. The van der Waals surface area contributed by atoms with Crippen molar-refractivity contribution in [2.24, 2.45) is 0 Å². The second-order valence-electron chi connectivity index (χ2n) is 6.33. The van der Waals surface area contributed by atoms with Crippen molar-refractivity contribution in [3.63, 3.8) is 0 Å². The molecule has 0 saturated heterocycles. The van der Waals surface area contributed by atoms with Gasteiger partial charge in [0.2, 0.25) is 0 Å². The van der Waals surface area contributed by atoms with Gasteiger partial charge in [-0.25, -0.2) is 4.79 Å². The number of thioether (sulfide) groups is 1. The molecule has 3 rings (SSSR count). The smallest absolute Gasteiger partial charge is 0.341 e. The summed E-state index contributed by atoms with van der Waals surface area (Å²) in [4.78, 5) is 29.7. The van der Waals surface area contributed by atoms with E-state index in [-0.39, 0.29) is 11.9 Å². The highest BCUT2D eigenvalue weighted by atomic mass is 32.2. The quantitative estimate of drug-likeness (QED) is 0.575. The molecule has 2 aromatic rings. The molecule has 5 nitrogen and oxygen atoms in total. The monoisotopic (exact) mass is 404 g/mol. The highest BCUT2D eigenvalue weighted by molar-refractivity contribution is 7.99. The largest absolute Gasteiger partial charge is 0.462 e. The summed E-state index contributed by atoms with van der Waals surface area (Å²) < 4.78 is 5.25. The third kappa shape index (κ3) is 4.54. The summed E-state index contributed by atoms with van der Waals surface area (Å²) in [6.45, 7) is 5.87. The van der Waals surface area contributed by atoms with Crippen LogP contribution in [0.1, 0.15) is 45.0 Å². The maximum absolute atomic E-state index is 12.7. The van der Waals surface area contributed by atoms with E-state index >= 15 is 0 Å². The Morgan fingerprint density at radius 3 is 2.67 bits per heavy atom.